The number of hydrogen-bond acceptors (Lipinski definition) is 3. The minimum absolute atomic E-state index is 0.0924. The molecule has 2 aliphatic heterocycles. The van der Waals surface area contributed by atoms with E-state index in [-0.39, 0.29) is 5.91 Å². The molecule has 0 unspecified atom stereocenters. The molecule has 0 atom stereocenters. The highest BCUT2D eigenvalue weighted by molar-refractivity contribution is 6.00. The second kappa shape index (κ2) is 5.21. The number of amides is 1. The number of piperidine rings is 1. The first-order valence-electron chi connectivity index (χ1n) is 6.96. The molecule has 1 aromatic rings. The molecule has 4 heteroatoms. The number of methoxy groups -OCH3 is 1. The van der Waals surface area contributed by atoms with Gasteiger partial charge in [-0.3, -0.25) is 4.79 Å². The van der Waals surface area contributed by atoms with Crippen molar-refractivity contribution in [1.82, 2.24) is 5.32 Å². The van der Waals surface area contributed by atoms with Gasteiger partial charge in [0.25, 0.3) is 0 Å². The molecule has 2 heterocycles. The predicted molar refractivity (Wildman–Crippen MR) is 74.6 cm³/mol. The Morgan fingerprint density at radius 2 is 2.11 bits per heavy atom. The number of carbonyl (C=O) groups is 1. The zero-order valence-electron chi connectivity index (χ0n) is 11.3. The summed E-state index contributed by atoms with van der Waals surface area (Å²) in [7, 11) is 1.68. The van der Waals surface area contributed by atoms with Crippen LogP contribution < -0.4 is 15.4 Å². The number of carbonyl (C=O) groups excluding carboxylic acids is 1. The van der Waals surface area contributed by atoms with Gasteiger partial charge in [0.2, 0.25) is 5.91 Å². The van der Waals surface area contributed by atoms with Gasteiger partial charge in [-0.15, -0.1) is 0 Å². The molecule has 2 aliphatic rings. The van der Waals surface area contributed by atoms with Gasteiger partial charge in [0.15, 0.2) is 0 Å². The van der Waals surface area contributed by atoms with Crippen LogP contribution in [0.1, 0.15) is 24.0 Å². The van der Waals surface area contributed by atoms with Crippen LogP contribution >= 0.6 is 0 Å². The van der Waals surface area contributed by atoms with Crippen LogP contribution in [-0.4, -0.2) is 26.1 Å². The van der Waals surface area contributed by atoms with Crippen LogP contribution in [0.4, 0.5) is 5.69 Å². The fraction of sp³-hybridized carbons (Fsp3) is 0.533. The van der Waals surface area contributed by atoms with E-state index in [2.05, 4.69) is 16.7 Å². The van der Waals surface area contributed by atoms with Crippen molar-refractivity contribution in [2.24, 2.45) is 5.92 Å². The van der Waals surface area contributed by atoms with Gasteiger partial charge in [-0.2, -0.15) is 0 Å². The van der Waals surface area contributed by atoms with Crippen LogP contribution in [0.3, 0.4) is 0 Å². The summed E-state index contributed by atoms with van der Waals surface area (Å²) in [6, 6.07) is 4.05. The lowest BCUT2D eigenvalue weighted by Crippen LogP contribution is -2.28. The minimum atomic E-state index is 0.0924. The molecule has 19 heavy (non-hydrogen) atoms. The Labute approximate surface area is 113 Å². The molecule has 0 aliphatic carbocycles. The molecule has 3 rings (SSSR count). The van der Waals surface area contributed by atoms with Crippen LogP contribution in [0.5, 0.6) is 5.75 Å². The van der Waals surface area contributed by atoms with E-state index >= 15 is 0 Å². The first kappa shape index (κ1) is 12.5. The Morgan fingerprint density at radius 1 is 1.32 bits per heavy atom. The smallest absolute Gasteiger partial charge is 0.228 e. The second-order valence-corrected chi connectivity index (χ2v) is 5.44. The van der Waals surface area contributed by atoms with Gasteiger partial charge < -0.3 is 15.4 Å². The van der Waals surface area contributed by atoms with E-state index in [1.165, 1.54) is 18.4 Å². The largest absolute Gasteiger partial charge is 0.497 e. The average Bonchev–Trinajstić information content (AvgIpc) is 2.80. The van der Waals surface area contributed by atoms with Gasteiger partial charge in [-0.25, -0.2) is 0 Å². The van der Waals surface area contributed by atoms with Crippen molar-refractivity contribution in [3.05, 3.63) is 23.3 Å². The van der Waals surface area contributed by atoms with E-state index in [4.69, 9.17) is 4.74 Å². The fourth-order valence-electron chi connectivity index (χ4n) is 3.07. The zero-order valence-corrected chi connectivity index (χ0v) is 11.3. The molecular formula is C15H20N2O2. The summed E-state index contributed by atoms with van der Waals surface area (Å²) in [5.74, 6) is 1.66. The van der Waals surface area contributed by atoms with Crippen molar-refractivity contribution >= 4 is 11.6 Å². The molecule has 0 bridgehead atoms. The van der Waals surface area contributed by atoms with Gasteiger partial charge >= 0.3 is 0 Å². The van der Waals surface area contributed by atoms with Crippen molar-refractivity contribution in [1.29, 1.82) is 0 Å². The number of ether oxygens (including phenoxy) is 1. The predicted octanol–water partition coefficient (Wildman–Crippen LogP) is 1.73. The Hall–Kier alpha value is -1.55. The van der Waals surface area contributed by atoms with Crippen molar-refractivity contribution in [2.45, 2.75) is 25.7 Å². The van der Waals surface area contributed by atoms with Crippen molar-refractivity contribution in [3.8, 4) is 5.75 Å². The number of fused-ring (bicyclic) bond motifs is 1. The maximum Gasteiger partial charge on any atom is 0.228 e. The van der Waals surface area contributed by atoms with Gasteiger partial charge in [0.1, 0.15) is 5.75 Å². The number of benzene rings is 1. The minimum Gasteiger partial charge on any atom is -0.497 e. The van der Waals surface area contributed by atoms with Gasteiger partial charge in [0.05, 0.1) is 13.5 Å². The summed E-state index contributed by atoms with van der Waals surface area (Å²) in [5.41, 5.74) is 3.34. The number of anilines is 1. The van der Waals surface area contributed by atoms with Crippen LogP contribution in [0, 0.1) is 5.92 Å². The topological polar surface area (TPSA) is 50.4 Å². The van der Waals surface area contributed by atoms with Gasteiger partial charge in [-0.1, -0.05) is 0 Å². The quantitative estimate of drug-likeness (QED) is 0.870. The Kier molecular flexibility index (Phi) is 3.42. The maximum atomic E-state index is 11.6. The maximum absolute atomic E-state index is 11.6. The van der Waals surface area contributed by atoms with E-state index in [9.17, 15) is 4.79 Å². The van der Waals surface area contributed by atoms with Gasteiger partial charge in [0, 0.05) is 5.69 Å². The number of nitrogens with one attached hydrogen (secondary N) is 2. The highest BCUT2D eigenvalue weighted by atomic mass is 16.5. The molecule has 0 spiro atoms. The summed E-state index contributed by atoms with van der Waals surface area (Å²) in [6.07, 6.45) is 3.92. The van der Waals surface area contributed by atoms with Crippen molar-refractivity contribution in [2.75, 3.05) is 25.5 Å². The Balaban J connectivity index is 1.87. The number of hydrogen-bond donors (Lipinski definition) is 2. The van der Waals surface area contributed by atoms with Crippen LogP contribution in [0.25, 0.3) is 0 Å². The van der Waals surface area contributed by atoms with Gasteiger partial charge in [-0.05, 0) is 61.5 Å². The van der Waals surface area contributed by atoms with E-state index in [0.29, 0.717) is 12.3 Å². The van der Waals surface area contributed by atoms with Crippen LogP contribution in [-0.2, 0) is 17.6 Å². The standard InChI is InChI=1S/C15H20N2O2/c1-19-13-7-11(6-10-2-4-16-5-3-10)15-12(8-13)9-14(18)17-15/h7-8,10,16H,2-6,9H2,1H3,(H,17,18). The molecule has 1 aromatic carbocycles. The molecule has 1 saturated heterocycles. The molecule has 4 nitrogen and oxygen atoms in total. The first-order chi connectivity index (χ1) is 9.26. The molecule has 1 fully saturated rings. The summed E-state index contributed by atoms with van der Waals surface area (Å²) >= 11 is 0. The zero-order chi connectivity index (χ0) is 13.2. The monoisotopic (exact) mass is 260 g/mol. The summed E-state index contributed by atoms with van der Waals surface area (Å²) < 4.78 is 5.35. The summed E-state index contributed by atoms with van der Waals surface area (Å²) in [4.78, 5) is 11.6. The highest BCUT2D eigenvalue weighted by Crippen LogP contribution is 2.34. The van der Waals surface area contributed by atoms with E-state index in [0.717, 1.165) is 36.5 Å². The first-order valence-corrected chi connectivity index (χ1v) is 6.96. The van der Waals surface area contributed by atoms with Crippen LogP contribution in [0.15, 0.2) is 12.1 Å². The Bertz CT molecular complexity index is 493. The second-order valence-electron chi connectivity index (χ2n) is 5.44. The molecule has 0 aromatic heterocycles. The summed E-state index contributed by atoms with van der Waals surface area (Å²) in [6.45, 7) is 2.20. The SMILES string of the molecule is COc1cc2c(c(CC3CCNCC3)c1)NC(=O)C2. The number of rotatable bonds is 3. The average molecular weight is 260 g/mol. The van der Waals surface area contributed by atoms with E-state index in [1.807, 2.05) is 6.07 Å². The third-order valence-electron chi connectivity index (χ3n) is 4.09. The Morgan fingerprint density at radius 3 is 2.84 bits per heavy atom. The third-order valence-corrected chi connectivity index (χ3v) is 4.09. The molecule has 0 radical (unpaired) electrons. The van der Waals surface area contributed by atoms with Crippen LogP contribution in [0.2, 0.25) is 0 Å². The van der Waals surface area contributed by atoms with Crippen molar-refractivity contribution < 1.29 is 9.53 Å². The molecule has 0 saturated carbocycles. The third kappa shape index (κ3) is 2.59. The molecule has 102 valence electrons. The normalized spacial score (nSPS) is 19.1. The lowest BCUT2D eigenvalue weighted by atomic mass is 9.89. The van der Waals surface area contributed by atoms with E-state index in [1.54, 1.807) is 7.11 Å². The lowest BCUT2D eigenvalue weighted by Gasteiger charge is -2.23. The van der Waals surface area contributed by atoms with E-state index < -0.39 is 0 Å². The highest BCUT2D eigenvalue weighted by Gasteiger charge is 2.24. The lowest BCUT2D eigenvalue weighted by molar-refractivity contribution is -0.115. The fourth-order valence-corrected chi connectivity index (χ4v) is 3.07. The molecule has 2 N–H and O–H groups in total. The molecular weight excluding hydrogens is 240 g/mol. The molecule has 1 amide bonds. The summed E-state index contributed by atoms with van der Waals surface area (Å²) in [5, 5.41) is 6.38. The van der Waals surface area contributed by atoms with Crippen molar-refractivity contribution in [3.63, 3.8) is 0 Å².